The zero-order valence-corrected chi connectivity index (χ0v) is 16.5. The van der Waals surface area contributed by atoms with E-state index in [0.717, 1.165) is 5.56 Å². The molecule has 0 atom stereocenters. The molecule has 0 unspecified atom stereocenters. The Labute approximate surface area is 177 Å². The zero-order chi connectivity index (χ0) is 21.5. The number of aryl methyl sites for hydroxylation is 1. The van der Waals surface area contributed by atoms with Crippen molar-refractivity contribution in [2.24, 2.45) is 0 Å². The number of hydrogen-bond donors (Lipinski definition) is 1. The van der Waals surface area contributed by atoms with Crippen molar-refractivity contribution in [1.82, 2.24) is 20.2 Å². The molecule has 1 N–H and O–H groups in total. The summed E-state index contributed by atoms with van der Waals surface area (Å²) < 4.78 is 10.4. The van der Waals surface area contributed by atoms with Crippen molar-refractivity contribution >= 4 is 17.6 Å². The molecule has 0 aliphatic heterocycles. The topological polar surface area (TPSA) is 112 Å². The van der Waals surface area contributed by atoms with Gasteiger partial charge >= 0.3 is 5.97 Å². The maximum atomic E-state index is 12.3. The van der Waals surface area contributed by atoms with Gasteiger partial charge in [-0.05, 0) is 35.5 Å². The second-order valence-corrected chi connectivity index (χ2v) is 6.58. The van der Waals surface area contributed by atoms with Crippen LogP contribution in [0.4, 0.5) is 5.69 Å². The first-order valence-electron chi connectivity index (χ1n) is 9.64. The molecule has 0 aliphatic carbocycles. The molecule has 0 bridgehead atoms. The van der Waals surface area contributed by atoms with E-state index in [-0.39, 0.29) is 12.4 Å². The van der Waals surface area contributed by atoms with Gasteiger partial charge in [0.05, 0.1) is 25.0 Å². The first-order valence-corrected chi connectivity index (χ1v) is 9.64. The number of anilines is 1. The van der Waals surface area contributed by atoms with Gasteiger partial charge < -0.3 is 14.5 Å². The third kappa shape index (κ3) is 5.21. The van der Waals surface area contributed by atoms with Gasteiger partial charge in [-0.1, -0.05) is 36.4 Å². The van der Waals surface area contributed by atoms with Crippen LogP contribution in [-0.4, -0.2) is 38.7 Å². The molecule has 31 heavy (non-hydrogen) atoms. The van der Waals surface area contributed by atoms with Gasteiger partial charge in [-0.3, -0.25) is 4.79 Å². The largest absolute Gasteiger partial charge is 0.462 e. The minimum atomic E-state index is -0.481. The maximum Gasteiger partial charge on any atom is 0.338 e. The lowest BCUT2D eigenvalue weighted by Gasteiger charge is -2.07. The Morgan fingerprint density at radius 1 is 1.03 bits per heavy atom. The molecule has 0 aliphatic rings. The average molecular weight is 417 g/mol. The Morgan fingerprint density at radius 3 is 2.71 bits per heavy atom. The average Bonchev–Trinajstić information content (AvgIpc) is 3.50. The van der Waals surface area contributed by atoms with E-state index in [4.69, 9.17) is 9.15 Å². The Bertz CT molecular complexity index is 1160. The fourth-order valence-corrected chi connectivity index (χ4v) is 2.82. The van der Waals surface area contributed by atoms with Crippen LogP contribution < -0.4 is 5.32 Å². The third-order valence-corrected chi connectivity index (χ3v) is 4.32. The van der Waals surface area contributed by atoms with Crippen molar-refractivity contribution in [3.63, 3.8) is 0 Å². The number of carbonyl (C=O) groups excluding carboxylic acids is 2. The molecule has 4 aromatic rings. The second kappa shape index (κ2) is 9.49. The second-order valence-electron chi connectivity index (χ2n) is 6.58. The Morgan fingerprint density at radius 2 is 1.90 bits per heavy atom. The van der Waals surface area contributed by atoms with Crippen LogP contribution in [0.5, 0.6) is 0 Å². The molecule has 2 aromatic heterocycles. The number of benzene rings is 2. The number of aromatic nitrogens is 4. The van der Waals surface area contributed by atoms with Crippen molar-refractivity contribution in [3.05, 3.63) is 84.3 Å². The standard InChI is InChI=1S/C22H19N5O4/c28-21(19-11-5-13-30-19)23-18-10-4-9-17(15-18)22(29)31-14-6-12-27-25-20(24-26-27)16-7-2-1-3-8-16/h1-5,7-11,13,15H,6,12,14H2,(H,23,28). The highest BCUT2D eigenvalue weighted by molar-refractivity contribution is 6.03. The normalized spacial score (nSPS) is 10.6. The van der Waals surface area contributed by atoms with Gasteiger partial charge in [-0.15, -0.1) is 10.2 Å². The van der Waals surface area contributed by atoms with Gasteiger partial charge in [0.25, 0.3) is 5.91 Å². The first kappa shape index (κ1) is 20.0. The minimum Gasteiger partial charge on any atom is -0.462 e. The van der Waals surface area contributed by atoms with Gasteiger partial charge in [0.15, 0.2) is 5.76 Å². The van der Waals surface area contributed by atoms with Crippen molar-refractivity contribution in [2.45, 2.75) is 13.0 Å². The van der Waals surface area contributed by atoms with E-state index in [2.05, 4.69) is 20.7 Å². The lowest BCUT2D eigenvalue weighted by Crippen LogP contribution is -2.13. The number of nitrogens with zero attached hydrogens (tertiary/aromatic N) is 4. The number of amides is 1. The molecular weight excluding hydrogens is 398 g/mol. The molecule has 2 heterocycles. The molecule has 156 valence electrons. The number of carbonyl (C=O) groups is 2. The fourth-order valence-electron chi connectivity index (χ4n) is 2.82. The number of rotatable bonds is 8. The van der Waals surface area contributed by atoms with Crippen molar-refractivity contribution in [1.29, 1.82) is 0 Å². The molecule has 9 heteroatoms. The highest BCUT2D eigenvalue weighted by Crippen LogP contribution is 2.14. The monoisotopic (exact) mass is 417 g/mol. The quantitative estimate of drug-likeness (QED) is 0.345. The van der Waals surface area contributed by atoms with Crippen LogP contribution in [0.25, 0.3) is 11.4 Å². The molecule has 0 radical (unpaired) electrons. The molecule has 9 nitrogen and oxygen atoms in total. The summed E-state index contributed by atoms with van der Waals surface area (Å²) in [5, 5.41) is 15.0. The summed E-state index contributed by atoms with van der Waals surface area (Å²) in [7, 11) is 0. The van der Waals surface area contributed by atoms with Crippen molar-refractivity contribution in [3.8, 4) is 11.4 Å². The Kier molecular flexibility index (Phi) is 6.13. The summed E-state index contributed by atoms with van der Waals surface area (Å²) in [4.78, 5) is 25.8. The van der Waals surface area contributed by atoms with Crippen LogP contribution >= 0.6 is 0 Å². The van der Waals surface area contributed by atoms with Crippen LogP contribution in [0, 0.1) is 0 Å². The number of ether oxygens (including phenoxy) is 1. The molecule has 0 spiro atoms. The van der Waals surface area contributed by atoms with Crippen LogP contribution in [0.15, 0.2) is 77.4 Å². The van der Waals surface area contributed by atoms with E-state index >= 15 is 0 Å². The lowest BCUT2D eigenvalue weighted by molar-refractivity contribution is 0.0493. The lowest BCUT2D eigenvalue weighted by atomic mass is 10.2. The molecule has 4 rings (SSSR count). The molecule has 1 amide bonds. The number of esters is 1. The number of furan rings is 1. The van der Waals surface area contributed by atoms with Crippen LogP contribution in [0.3, 0.4) is 0 Å². The van der Waals surface area contributed by atoms with E-state index in [1.165, 1.54) is 11.1 Å². The molecule has 0 saturated carbocycles. The SMILES string of the molecule is O=C(OCCCn1nnc(-c2ccccc2)n1)c1cccc(NC(=O)c2ccco2)c1. The number of tetrazole rings is 1. The summed E-state index contributed by atoms with van der Waals surface area (Å²) in [5.74, 6) is -0.146. The third-order valence-electron chi connectivity index (χ3n) is 4.32. The molecule has 2 aromatic carbocycles. The van der Waals surface area contributed by atoms with Crippen LogP contribution in [0.1, 0.15) is 27.3 Å². The minimum absolute atomic E-state index is 0.185. The van der Waals surface area contributed by atoms with E-state index in [9.17, 15) is 9.59 Å². The smallest absolute Gasteiger partial charge is 0.338 e. The van der Waals surface area contributed by atoms with E-state index < -0.39 is 11.9 Å². The number of hydrogen-bond acceptors (Lipinski definition) is 7. The summed E-state index contributed by atoms with van der Waals surface area (Å²) in [5.41, 5.74) is 1.69. The number of nitrogens with one attached hydrogen (secondary N) is 1. The molecule has 0 saturated heterocycles. The van der Waals surface area contributed by atoms with Gasteiger partial charge in [0.2, 0.25) is 5.82 Å². The Hall–Kier alpha value is -4.27. The predicted octanol–water partition coefficient (Wildman–Crippen LogP) is 3.43. The molecular formula is C22H19N5O4. The van der Waals surface area contributed by atoms with Gasteiger partial charge in [-0.25, -0.2) is 4.79 Å². The molecule has 0 fully saturated rings. The maximum absolute atomic E-state index is 12.3. The van der Waals surface area contributed by atoms with Gasteiger partial charge in [0.1, 0.15) is 0 Å². The summed E-state index contributed by atoms with van der Waals surface area (Å²) in [6.07, 6.45) is 1.95. The summed E-state index contributed by atoms with van der Waals surface area (Å²) in [6, 6.07) is 19.3. The van der Waals surface area contributed by atoms with E-state index in [0.29, 0.717) is 30.0 Å². The highest BCUT2D eigenvalue weighted by Gasteiger charge is 2.12. The van der Waals surface area contributed by atoms with E-state index in [1.54, 1.807) is 36.4 Å². The summed E-state index contributed by atoms with van der Waals surface area (Å²) >= 11 is 0. The zero-order valence-electron chi connectivity index (χ0n) is 16.5. The predicted molar refractivity (Wildman–Crippen MR) is 111 cm³/mol. The van der Waals surface area contributed by atoms with E-state index in [1.807, 2.05) is 30.3 Å². The van der Waals surface area contributed by atoms with Crippen LogP contribution in [0.2, 0.25) is 0 Å². The fraction of sp³-hybridized carbons (Fsp3) is 0.136. The highest BCUT2D eigenvalue weighted by atomic mass is 16.5. The van der Waals surface area contributed by atoms with Crippen molar-refractivity contribution < 1.29 is 18.7 Å². The first-order chi connectivity index (χ1) is 15.2. The van der Waals surface area contributed by atoms with Gasteiger partial charge in [0, 0.05) is 17.7 Å². The van der Waals surface area contributed by atoms with Gasteiger partial charge in [-0.2, -0.15) is 4.80 Å². The Balaban J connectivity index is 1.26. The summed E-state index contributed by atoms with van der Waals surface area (Å²) in [6.45, 7) is 0.663. The van der Waals surface area contributed by atoms with Crippen molar-refractivity contribution in [2.75, 3.05) is 11.9 Å². The van der Waals surface area contributed by atoms with Crippen LogP contribution in [-0.2, 0) is 11.3 Å².